The van der Waals surface area contributed by atoms with Crippen LogP contribution >= 0.6 is 0 Å². The molecule has 2 amide bonds. The first kappa shape index (κ1) is 26.4. The van der Waals surface area contributed by atoms with Crippen molar-refractivity contribution in [3.05, 3.63) is 65.2 Å². The molecular weight excluding hydrogens is 412 g/mol. The first-order chi connectivity index (χ1) is 15.5. The van der Waals surface area contributed by atoms with Crippen molar-refractivity contribution in [2.45, 2.75) is 85.4 Å². The summed E-state index contributed by atoms with van der Waals surface area (Å²) in [6, 6.07) is 15.4. The maximum Gasteiger partial charge on any atom is 0.261 e. The van der Waals surface area contributed by atoms with Crippen molar-refractivity contribution in [2.75, 3.05) is 6.61 Å². The molecule has 1 N–H and O–H groups in total. The van der Waals surface area contributed by atoms with Crippen LogP contribution in [0.2, 0.25) is 0 Å². The zero-order chi connectivity index (χ0) is 24.6. The second-order valence-corrected chi connectivity index (χ2v) is 9.81. The number of nitrogens with zero attached hydrogens (tertiary/aromatic N) is 1. The van der Waals surface area contributed by atoms with E-state index < -0.39 is 6.04 Å². The van der Waals surface area contributed by atoms with Gasteiger partial charge in [0.15, 0.2) is 6.61 Å². The van der Waals surface area contributed by atoms with Crippen LogP contribution in [-0.4, -0.2) is 35.4 Å². The van der Waals surface area contributed by atoms with Gasteiger partial charge in [0.05, 0.1) is 0 Å². The van der Waals surface area contributed by atoms with Gasteiger partial charge in [0.2, 0.25) is 5.91 Å². The van der Waals surface area contributed by atoms with Gasteiger partial charge in [0.25, 0.3) is 5.91 Å². The molecular formula is C28H40N2O3. The fourth-order valence-electron chi connectivity index (χ4n) is 3.53. The molecule has 5 nitrogen and oxygen atoms in total. The Morgan fingerprint density at radius 2 is 1.58 bits per heavy atom. The molecule has 0 aliphatic carbocycles. The lowest BCUT2D eigenvalue weighted by Gasteiger charge is -2.31. The van der Waals surface area contributed by atoms with Gasteiger partial charge in [-0.25, -0.2) is 0 Å². The van der Waals surface area contributed by atoms with Crippen LogP contribution in [0.5, 0.6) is 5.75 Å². The minimum Gasteiger partial charge on any atom is -0.484 e. The maximum atomic E-state index is 13.3. The number of rotatable bonds is 10. The fourth-order valence-corrected chi connectivity index (χ4v) is 3.53. The summed E-state index contributed by atoms with van der Waals surface area (Å²) in [5.41, 5.74) is 3.39. The Bertz CT molecular complexity index is 898. The van der Waals surface area contributed by atoms with Crippen LogP contribution < -0.4 is 10.1 Å². The molecule has 2 aromatic carbocycles. The summed E-state index contributed by atoms with van der Waals surface area (Å²) in [5.74, 6) is 0.312. The minimum atomic E-state index is -0.556. The smallest absolute Gasteiger partial charge is 0.261 e. The highest BCUT2D eigenvalue weighted by Gasteiger charge is 2.29. The molecule has 0 bridgehead atoms. The molecule has 5 heteroatoms. The van der Waals surface area contributed by atoms with Crippen molar-refractivity contribution in [3.63, 3.8) is 0 Å². The van der Waals surface area contributed by atoms with E-state index in [1.54, 1.807) is 4.90 Å². The molecule has 0 saturated heterocycles. The number of carbonyl (C=O) groups is 2. The third-order valence-electron chi connectivity index (χ3n) is 5.94. The first-order valence-corrected chi connectivity index (χ1v) is 11.9. The average molecular weight is 453 g/mol. The SMILES string of the molecule is CC[C@H](C)NC(=O)[C@H](CC)N(Cc1ccc(C)cc1)C(=O)COc1ccc(C(C)(C)C)cc1. The van der Waals surface area contributed by atoms with Crippen LogP contribution in [-0.2, 0) is 21.5 Å². The predicted octanol–water partition coefficient (Wildman–Crippen LogP) is 5.39. The van der Waals surface area contributed by atoms with Crippen molar-refractivity contribution >= 4 is 11.8 Å². The zero-order valence-corrected chi connectivity index (χ0v) is 21.3. The third kappa shape index (κ3) is 7.92. The molecule has 0 fully saturated rings. The molecule has 0 aliphatic heterocycles. The van der Waals surface area contributed by atoms with Crippen LogP contribution in [0.25, 0.3) is 0 Å². The van der Waals surface area contributed by atoms with Crippen molar-refractivity contribution < 1.29 is 14.3 Å². The molecule has 2 aromatic rings. The van der Waals surface area contributed by atoms with Crippen LogP contribution in [0.4, 0.5) is 0 Å². The number of nitrogens with one attached hydrogen (secondary N) is 1. The number of hydrogen-bond donors (Lipinski definition) is 1. The summed E-state index contributed by atoms with van der Waals surface area (Å²) in [7, 11) is 0. The van der Waals surface area contributed by atoms with Crippen LogP contribution in [0.15, 0.2) is 48.5 Å². The summed E-state index contributed by atoms with van der Waals surface area (Å²) in [6.45, 7) is 14.7. The van der Waals surface area contributed by atoms with E-state index in [1.807, 2.05) is 76.2 Å². The van der Waals surface area contributed by atoms with E-state index in [0.29, 0.717) is 18.7 Å². The first-order valence-electron chi connectivity index (χ1n) is 11.9. The van der Waals surface area contributed by atoms with E-state index in [0.717, 1.165) is 17.5 Å². The lowest BCUT2D eigenvalue weighted by atomic mass is 9.87. The number of amides is 2. The van der Waals surface area contributed by atoms with Crippen LogP contribution in [0, 0.1) is 6.92 Å². The lowest BCUT2D eigenvalue weighted by Crippen LogP contribution is -2.51. The number of hydrogen-bond acceptors (Lipinski definition) is 3. The molecule has 0 aromatic heterocycles. The molecule has 33 heavy (non-hydrogen) atoms. The fraction of sp³-hybridized carbons (Fsp3) is 0.500. The molecule has 0 aliphatic rings. The molecule has 180 valence electrons. The van der Waals surface area contributed by atoms with E-state index >= 15 is 0 Å². The van der Waals surface area contributed by atoms with Gasteiger partial charge in [0.1, 0.15) is 11.8 Å². The van der Waals surface area contributed by atoms with E-state index in [9.17, 15) is 9.59 Å². The summed E-state index contributed by atoms with van der Waals surface area (Å²) < 4.78 is 5.83. The number of benzene rings is 2. The minimum absolute atomic E-state index is 0.0521. The van der Waals surface area contributed by atoms with E-state index in [1.165, 1.54) is 5.56 Å². The summed E-state index contributed by atoms with van der Waals surface area (Å²) in [5, 5.41) is 3.03. The molecule has 0 heterocycles. The molecule has 0 unspecified atom stereocenters. The third-order valence-corrected chi connectivity index (χ3v) is 5.94. The Balaban J connectivity index is 2.19. The van der Waals surface area contributed by atoms with Gasteiger partial charge in [-0.05, 0) is 55.4 Å². The molecule has 2 atom stereocenters. The van der Waals surface area contributed by atoms with E-state index in [4.69, 9.17) is 4.74 Å². The normalized spacial score (nSPS) is 13.2. The number of aryl methyl sites for hydroxylation is 1. The van der Waals surface area contributed by atoms with Gasteiger partial charge in [0, 0.05) is 12.6 Å². The quantitative estimate of drug-likeness (QED) is 0.526. The Hall–Kier alpha value is -2.82. The second-order valence-electron chi connectivity index (χ2n) is 9.81. The van der Waals surface area contributed by atoms with E-state index in [2.05, 4.69) is 26.1 Å². The highest BCUT2D eigenvalue weighted by Crippen LogP contribution is 2.24. The lowest BCUT2D eigenvalue weighted by molar-refractivity contribution is -0.143. The molecule has 0 radical (unpaired) electrons. The Morgan fingerprint density at radius 3 is 2.09 bits per heavy atom. The standard InChI is InChI=1S/C28H40N2O3/c1-8-21(4)29-27(32)25(9-2)30(18-22-12-10-20(3)11-13-22)26(31)19-33-24-16-14-23(15-17-24)28(5,6)7/h10-17,21,25H,8-9,18-19H2,1-7H3,(H,29,32)/t21-,25-/m0/s1. The largest absolute Gasteiger partial charge is 0.484 e. The topological polar surface area (TPSA) is 58.6 Å². The van der Waals surface area contributed by atoms with Gasteiger partial charge in [-0.15, -0.1) is 0 Å². The van der Waals surface area contributed by atoms with Crippen molar-refractivity contribution in [3.8, 4) is 5.75 Å². The predicted molar refractivity (Wildman–Crippen MR) is 134 cm³/mol. The molecule has 0 saturated carbocycles. The number of carbonyl (C=O) groups excluding carboxylic acids is 2. The maximum absolute atomic E-state index is 13.3. The molecule has 2 rings (SSSR count). The summed E-state index contributed by atoms with van der Waals surface area (Å²) in [4.78, 5) is 27.9. The van der Waals surface area contributed by atoms with Crippen LogP contribution in [0.1, 0.15) is 71.1 Å². The van der Waals surface area contributed by atoms with Gasteiger partial charge in [-0.3, -0.25) is 9.59 Å². The second kappa shape index (κ2) is 11.9. The van der Waals surface area contributed by atoms with Crippen LogP contribution in [0.3, 0.4) is 0 Å². The van der Waals surface area contributed by atoms with Gasteiger partial charge >= 0.3 is 0 Å². The van der Waals surface area contributed by atoms with Gasteiger partial charge in [-0.1, -0.05) is 76.6 Å². The monoisotopic (exact) mass is 452 g/mol. The highest BCUT2D eigenvalue weighted by molar-refractivity contribution is 5.88. The summed E-state index contributed by atoms with van der Waals surface area (Å²) in [6.07, 6.45) is 1.36. The van der Waals surface area contributed by atoms with Crippen molar-refractivity contribution in [2.24, 2.45) is 0 Å². The highest BCUT2D eigenvalue weighted by atomic mass is 16.5. The van der Waals surface area contributed by atoms with Crippen molar-refractivity contribution in [1.82, 2.24) is 10.2 Å². The Labute approximate surface area is 199 Å². The summed E-state index contributed by atoms with van der Waals surface area (Å²) >= 11 is 0. The molecule has 0 spiro atoms. The van der Waals surface area contributed by atoms with Crippen molar-refractivity contribution in [1.29, 1.82) is 0 Å². The Morgan fingerprint density at radius 1 is 0.970 bits per heavy atom. The Kier molecular flexibility index (Phi) is 9.51. The van der Waals surface area contributed by atoms with Gasteiger partial charge in [-0.2, -0.15) is 0 Å². The average Bonchev–Trinajstić information content (AvgIpc) is 2.78. The zero-order valence-electron chi connectivity index (χ0n) is 21.3. The van der Waals surface area contributed by atoms with Gasteiger partial charge < -0.3 is 15.0 Å². The van der Waals surface area contributed by atoms with E-state index in [-0.39, 0.29) is 29.9 Å². The number of ether oxygens (including phenoxy) is 1.